The molecule has 0 aliphatic carbocycles. The molecule has 0 heterocycles. The van der Waals surface area contributed by atoms with Crippen LogP contribution in [0.15, 0.2) is 30.9 Å². The quantitative estimate of drug-likeness (QED) is 0.593. The van der Waals surface area contributed by atoms with Gasteiger partial charge in [-0.2, -0.15) is 0 Å². The maximum Gasteiger partial charge on any atom is 0.307 e. The van der Waals surface area contributed by atoms with E-state index in [1.54, 1.807) is 0 Å². The Kier molecular flexibility index (Phi) is 5.83. The number of methoxy groups -OCH3 is 1. The minimum atomic E-state index is -1.10. The van der Waals surface area contributed by atoms with Crippen LogP contribution in [0.3, 0.4) is 0 Å². The fraction of sp³-hybridized carbons (Fsp3) is 0.286. The van der Waals surface area contributed by atoms with Gasteiger partial charge in [-0.05, 0) is 18.2 Å². The molecule has 0 bridgehead atoms. The van der Waals surface area contributed by atoms with Crippen LogP contribution in [0, 0.1) is 11.6 Å². The van der Waals surface area contributed by atoms with Gasteiger partial charge in [-0.1, -0.05) is 6.08 Å². The van der Waals surface area contributed by atoms with Gasteiger partial charge >= 0.3 is 5.97 Å². The topological polar surface area (TPSA) is 46.6 Å². The van der Waals surface area contributed by atoms with Gasteiger partial charge in [-0.15, -0.1) is 6.58 Å². The lowest BCUT2D eigenvalue weighted by Crippen LogP contribution is -2.33. The van der Waals surface area contributed by atoms with E-state index >= 15 is 0 Å². The monoisotopic (exact) mass is 283 g/mol. The first-order valence-corrected chi connectivity index (χ1v) is 5.91. The second-order valence-electron chi connectivity index (χ2n) is 3.99. The average Bonchev–Trinajstić information content (AvgIpc) is 2.45. The molecule has 0 N–H and O–H groups in total. The molecule has 0 unspecified atom stereocenters. The molecule has 0 aromatic heterocycles. The first-order valence-electron chi connectivity index (χ1n) is 5.91. The van der Waals surface area contributed by atoms with E-state index in [1.165, 1.54) is 24.2 Å². The summed E-state index contributed by atoms with van der Waals surface area (Å²) >= 11 is 0. The molecule has 1 amide bonds. The highest BCUT2D eigenvalue weighted by atomic mass is 19.2. The number of carbonyl (C=O) groups is 2. The zero-order valence-corrected chi connectivity index (χ0v) is 11.1. The molecule has 1 aromatic carbocycles. The summed E-state index contributed by atoms with van der Waals surface area (Å²) in [5, 5.41) is 0. The van der Waals surface area contributed by atoms with Gasteiger partial charge in [-0.3, -0.25) is 9.59 Å². The molecule has 0 saturated carbocycles. The van der Waals surface area contributed by atoms with Crippen molar-refractivity contribution < 1.29 is 23.1 Å². The smallest absolute Gasteiger partial charge is 0.307 e. The van der Waals surface area contributed by atoms with Crippen molar-refractivity contribution in [1.82, 2.24) is 4.90 Å². The van der Waals surface area contributed by atoms with Gasteiger partial charge in [0, 0.05) is 18.7 Å². The third-order valence-corrected chi connectivity index (χ3v) is 2.62. The van der Waals surface area contributed by atoms with Crippen LogP contribution in [0.1, 0.15) is 16.8 Å². The fourth-order valence-corrected chi connectivity index (χ4v) is 1.57. The summed E-state index contributed by atoms with van der Waals surface area (Å²) in [5.74, 6) is -3.08. The summed E-state index contributed by atoms with van der Waals surface area (Å²) < 4.78 is 30.4. The molecule has 0 fully saturated rings. The minimum absolute atomic E-state index is 0.00983. The molecule has 1 rings (SSSR count). The van der Waals surface area contributed by atoms with Crippen molar-refractivity contribution in [1.29, 1.82) is 0 Å². The summed E-state index contributed by atoms with van der Waals surface area (Å²) in [5.41, 5.74) is 0.00983. The van der Waals surface area contributed by atoms with Crippen LogP contribution in [-0.4, -0.2) is 37.0 Å². The van der Waals surface area contributed by atoms with Gasteiger partial charge in [-0.25, -0.2) is 8.78 Å². The second kappa shape index (κ2) is 7.37. The molecule has 6 heteroatoms. The van der Waals surface area contributed by atoms with Crippen LogP contribution < -0.4 is 0 Å². The number of ether oxygens (including phenoxy) is 1. The molecular formula is C14H15F2NO3. The Morgan fingerprint density at radius 3 is 2.60 bits per heavy atom. The molecule has 108 valence electrons. The van der Waals surface area contributed by atoms with E-state index in [4.69, 9.17) is 0 Å². The van der Waals surface area contributed by atoms with Gasteiger partial charge in [0.25, 0.3) is 5.91 Å². The molecule has 0 atom stereocenters. The predicted octanol–water partition coefficient (Wildman–Crippen LogP) is 2.16. The van der Waals surface area contributed by atoms with Gasteiger partial charge in [0.2, 0.25) is 0 Å². The van der Waals surface area contributed by atoms with Crippen LogP contribution in [0.4, 0.5) is 8.78 Å². The molecule has 4 nitrogen and oxygen atoms in total. The standard InChI is InChI=1S/C14H15F2NO3/c1-3-7-17(8-6-13(18)20-2)14(19)10-4-5-11(15)12(16)9-10/h3-5,9H,1,6-8H2,2H3. The number of hydrogen-bond donors (Lipinski definition) is 0. The van der Waals surface area contributed by atoms with E-state index in [2.05, 4.69) is 11.3 Å². The number of benzene rings is 1. The Morgan fingerprint density at radius 1 is 1.35 bits per heavy atom. The number of amides is 1. The van der Waals surface area contributed by atoms with E-state index in [-0.39, 0.29) is 25.1 Å². The van der Waals surface area contributed by atoms with Crippen LogP contribution in [0.5, 0.6) is 0 Å². The molecule has 0 aliphatic heterocycles. The van der Waals surface area contributed by atoms with Gasteiger partial charge in [0.15, 0.2) is 11.6 Å². The highest BCUT2D eigenvalue weighted by Gasteiger charge is 2.17. The first-order chi connectivity index (χ1) is 9.49. The molecule has 0 radical (unpaired) electrons. The molecule has 1 aromatic rings. The van der Waals surface area contributed by atoms with E-state index in [0.29, 0.717) is 0 Å². The Morgan fingerprint density at radius 2 is 2.05 bits per heavy atom. The zero-order chi connectivity index (χ0) is 15.1. The number of hydrogen-bond acceptors (Lipinski definition) is 3. The zero-order valence-electron chi connectivity index (χ0n) is 11.1. The van der Waals surface area contributed by atoms with E-state index in [0.717, 1.165) is 12.1 Å². The van der Waals surface area contributed by atoms with Crippen molar-refractivity contribution in [2.45, 2.75) is 6.42 Å². The third-order valence-electron chi connectivity index (χ3n) is 2.62. The Bertz CT molecular complexity index is 517. The minimum Gasteiger partial charge on any atom is -0.469 e. The lowest BCUT2D eigenvalue weighted by atomic mass is 10.2. The van der Waals surface area contributed by atoms with Crippen LogP contribution in [-0.2, 0) is 9.53 Å². The number of carbonyl (C=O) groups excluding carboxylic acids is 2. The van der Waals surface area contributed by atoms with Crippen molar-refractivity contribution in [2.24, 2.45) is 0 Å². The number of rotatable bonds is 6. The molecule has 0 spiro atoms. The summed E-state index contributed by atoms with van der Waals surface area (Å²) in [4.78, 5) is 24.5. The lowest BCUT2D eigenvalue weighted by molar-refractivity contribution is -0.140. The Labute approximate surface area is 115 Å². The van der Waals surface area contributed by atoms with Crippen LogP contribution in [0.2, 0.25) is 0 Å². The SMILES string of the molecule is C=CCN(CCC(=O)OC)C(=O)c1ccc(F)c(F)c1. The van der Waals surface area contributed by atoms with Crippen molar-refractivity contribution in [3.8, 4) is 0 Å². The van der Waals surface area contributed by atoms with Crippen molar-refractivity contribution in [3.63, 3.8) is 0 Å². The van der Waals surface area contributed by atoms with Gasteiger partial charge in [0.1, 0.15) is 0 Å². The largest absolute Gasteiger partial charge is 0.469 e. The lowest BCUT2D eigenvalue weighted by Gasteiger charge is -2.20. The molecule has 20 heavy (non-hydrogen) atoms. The molecule has 0 aliphatic rings. The summed E-state index contributed by atoms with van der Waals surface area (Å²) in [6, 6.07) is 2.90. The van der Waals surface area contributed by atoms with Crippen molar-refractivity contribution in [3.05, 3.63) is 48.1 Å². The number of nitrogens with zero attached hydrogens (tertiary/aromatic N) is 1. The first kappa shape index (κ1) is 15.8. The molecular weight excluding hydrogens is 268 g/mol. The molecule has 0 saturated heterocycles. The number of halogens is 2. The predicted molar refractivity (Wildman–Crippen MR) is 69.1 cm³/mol. The highest BCUT2D eigenvalue weighted by Crippen LogP contribution is 2.11. The Balaban J connectivity index is 2.84. The van der Waals surface area contributed by atoms with Crippen LogP contribution >= 0.6 is 0 Å². The fourth-order valence-electron chi connectivity index (χ4n) is 1.57. The summed E-state index contributed by atoms with van der Waals surface area (Å²) in [6.45, 7) is 3.81. The normalized spacial score (nSPS) is 9.95. The maximum absolute atomic E-state index is 13.1. The highest BCUT2D eigenvalue weighted by molar-refractivity contribution is 5.94. The average molecular weight is 283 g/mol. The second-order valence-corrected chi connectivity index (χ2v) is 3.99. The van der Waals surface area contributed by atoms with Crippen molar-refractivity contribution >= 4 is 11.9 Å². The third kappa shape index (κ3) is 4.15. The van der Waals surface area contributed by atoms with E-state index in [1.807, 2.05) is 0 Å². The van der Waals surface area contributed by atoms with E-state index in [9.17, 15) is 18.4 Å². The number of esters is 1. The summed E-state index contributed by atoms with van der Waals surface area (Å²) in [6.07, 6.45) is 1.49. The summed E-state index contributed by atoms with van der Waals surface area (Å²) in [7, 11) is 1.25. The Hall–Kier alpha value is -2.24. The van der Waals surface area contributed by atoms with Crippen LogP contribution in [0.25, 0.3) is 0 Å². The van der Waals surface area contributed by atoms with Gasteiger partial charge in [0.05, 0.1) is 13.5 Å². The van der Waals surface area contributed by atoms with E-state index < -0.39 is 23.5 Å². The van der Waals surface area contributed by atoms with Crippen molar-refractivity contribution in [2.75, 3.05) is 20.2 Å². The van der Waals surface area contributed by atoms with Gasteiger partial charge < -0.3 is 9.64 Å². The maximum atomic E-state index is 13.1.